The van der Waals surface area contributed by atoms with Crippen LogP contribution in [0, 0.1) is 13.8 Å². The van der Waals surface area contributed by atoms with Gasteiger partial charge in [-0.3, -0.25) is 4.99 Å². The van der Waals surface area contributed by atoms with Crippen molar-refractivity contribution in [3.63, 3.8) is 0 Å². The molecule has 4 heteroatoms. The summed E-state index contributed by atoms with van der Waals surface area (Å²) in [5.74, 6) is 0. The largest absolute Gasteiger partial charge is 0.375 e. The zero-order valence-electron chi connectivity index (χ0n) is 30.8. The van der Waals surface area contributed by atoms with Gasteiger partial charge in [-0.2, -0.15) is 0 Å². The second-order valence-electron chi connectivity index (χ2n) is 14.3. The van der Waals surface area contributed by atoms with E-state index in [9.17, 15) is 0 Å². The van der Waals surface area contributed by atoms with Crippen LogP contribution in [0.1, 0.15) is 69.7 Å². The number of hydrogen-bond acceptors (Lipinski definition) is 2. The van der Waals surface area contributed by atoms with Crippen molar-refractivity contribution in [1.82, 2.24) is 15.3 Å². The van der Waals surface area contributed by atoms with Gasteiger partial charge in [-0.25, -0.2) is 0 Å². The highest BCUT2D eigenvalue weighted by molar-refractivity contribution is 6.44. The van der Waals surface area contributed by atoms with E-state index < -0.39 is 0 Å². The van der Waals surface area contributed by atoms with Crippen molar-refractivity contribution in [1.29, 1.82) is 0 Å². The molecule has 4 nitrogen and oxygen atoms in total. The maximum absolute atomic E-state index is 5.81. The summed E-state index contributed by atoms with van der Waals surface area (Å²) < 4.78 is 0. The zero-order chi connectivity index (χ0) is 36.1. The summed E-state index contributed by atoms with van der Waals surface area (Å²) in [5.41, 5.74) is 19.2. The van der Waals surface area contributed by atoms with Gasteiger partial charge in [0.25, 0.3) is 0 Å². The first kappa shape index (κ1) is 32.8. The van der Waals surface area contributed by atoms with Crippen LogP contribution in [0.3, 0.4) is 0 Å². The fourth-order valence-electron chi connectivity index (χ4n) is 8.81. The third-order valence-corrected chi connectivity index (χ3v) is 11.3. The molecule has 0 fully saturated rings. The molecule has 0 saturated heterocycles. The predicted molar refractivity (Wildman–Crippen MR) is 223 cm³/mol. The lowest BCUT2D eigenvalue weighted by molar-refractivity contribution is 0.663. The quantitative estimate of drug-likeness (QED) is 0.161. The molecule has 260 valence electrons. The van der Waals surface area contributed by atoms with Crippen LogP contribution in [0.15, 0.2) is 132 Å². The van der Waals surface area contributed by atoms with Crippen LogP contribution in [0.5, 0.6) is 0 Å². The molecule has 6 aromatic rings. The number of H-pyrrole nitrogens is 2. The van der Waals surface area contributed by atoms with Gasteiger partial charge in [-0.15, -0.1) is 0 Å². The number of rotatable bonds is 6. The normalized spacial score (nSPS) is 19.0. The molecule has 2 atom stereocenters. The number of aromatic amines is 2. The Balaban J connectivity index is 1.44. The zero-order valence-corrected chi connectivity index (χ0v) is 30.8. The van der Waals surface area contributed by atoms with Gasteiger partial charge >= 0.3 is 0 Å². The molecule has 2 unspecified atom stereocenters. The molecule has 3 aliphatic rings. The molecule has 5 heterocycles. The van der Waals surface area contributed by atoms with Gasteiger partial charge in [-0.05, 0) is 101 Å². The first-order valence-corrected chi connectivity index (χ1v) is 18.9. The average molecular weight is 689 g/mol. The Hall–Kier alpha value is -6.13. The maximum atomic E-state index is 5.81. The molecule has 0 saturated carbocycles. The SMILES string of the molecule is CCc1c2[nH]c(c1C)C=C1NC(C(c3ccccc3)=C1c1ccccc1)C1N=C(/C=c3\[nH]/c(c(CC)c3C)=C\2)C(c2ccccc2)=C1c1ccccc1. The van der Waals surface area contributed by atoms with Gasteiger partial charge in [0.1, 0.15) is 6.04 Å². The third-order valence-electron chi connectivity index (χ3n) is 11.3. The van der Waals surface area contributed by atoms with Crippen molar-refractivity contribution in [2.75, 3.05) is 0 Å². The summed E-state index contributed by atoms with van der Waals surface area (Å²) in [6.45, 7) is 9.02. The smallest absolute Gasteiger partial charge is 0.101 e. The predicted octanol–water partition coefficient (Wildman–Crippen LogP) is 9.07. The topological polar surface area (TPSA) is 56.0 Å². The maximum Gasteiger partial charge on any atom is 0.101 e. The van der Waals surface area contributed by atoms with Gasteiger partial charge in [0.15, 0.2) is 0 Å². The number of nitrogens with one attached hydrogen (secondary N) is 3. The van der Waals surface area contributed by atoms with Crippen molar-refractivity contribution in [3.05, 3.63) is 194 Å². The van der Waals surface area contributed by atoms with Crippen molar-refractivity contribution in [2.24, 2.45) is 4.99 Å². The molecule has 0 spiro atoms. The van der Waals surface area contributed by atoms with E-state index in [1.54, 1.807) is 0 Å². The van der Waals surface area contributed by atoms with E-state index in [0.29, 0.717) is 0 Å². The minimum absolute atomic E-state index is 0.151. The van der Waals surface area contributed by atoms with E-state index in [4.69, 9.17) is 4.99 Å². The van der Waals surface area contributed by atoms with E-state index in [2.05, 4.69) is 183 Å². The minimum Gasteiger partial charge on any atom is -0.375 e. The van der Waals surface area contributed by atoms with Gasteiger partial charge in [0, 0.05) is 38.9 Å². The second-order valence-corrected chi connectivity index (χ2v) is 14.3. The molecular weight excluding hydrogens is 645 g/mol. The van der Waals surface area contributed by atoms with Crippen LogP contribution in [-0.4, -0.2) is 27.8 Å². The Kier molecular flexibility index (Phi) is 8.31. The number of aliphatic imine (C=N–C) groups is 1. The molecule has 4 aromatic carbocycles. The lowest BCUT2D eigenvalue weighted by Crippen LogP contribution is -2.35. The summed E-state index contributed by atoms with van der Waals surface area (Å²) in [6, 6.07) is 43.1. The Morgan fingerprint density at radius 1 is 0.509 bits per heavy atom. The summed E-state index contributed by atoms with van der Waals surface area (Å²) in [6.07, 6.45) is 8.85. The fourth-order valence-corrected chi connectivity index (χ4v) is 8.81. The molecule has 0 aliphatic carbocycles. The van der Waals surface area contributed by atoms with Crippen molar-refractivity contribution in [3.8, 4) is 0 Å². The highest BCUT2D eigenvalue weighted by atomic mass is 15.0. The molecule has 2 aromatic heterocycles. The molecule has 9 rings (SSSR count). The Labute approximate surface area is 311 Å². The van der Waals surface area contributed by atoms with E-state index in [1.807, 2.05) is 0 Å². The molecule has 8 bridgehead atoms. The van der Waals surface area contributed by atoms with E-state index in [0.717, 1.165) is 46.3 Å². The average Bonchev–Trinajstić information content (AvgIpc) is 3.93. The van der Waals surface area contributed by atoms with Gasteiger partial charge in [0.2, 0.25) is 0 Å². The van der Waals surface area contributed by atoms with Gasteiger partial charge < -0.3 is 15.3 Å². The monoisotopic (exact) mass is 688 g/mol. The molecule has 0 amide bonds. The number of allylic oxidation sites excluding steroid dienone is 2. The number of fused-ring (bicyclic) bond motifs is 8. The standard InChI is InChI=1S/C49H44N4/c1-5-36-30(3)38-27-42-44(32-19-11-7-12-20-32)46(34-23-15-9-16-24-34)48(52-42)49-47(35-25-17-10-18-26-35)45(33-21-13-8-14-22-33)43(53-49)28-39-31(4)37(6-2)41(51-39)29-40(36)50-38/h7-29,48-52H,5-6H2,1-4H3/b39-28-,41-29-,42-27?. The highest BCUT2D eigenvalue weighted by Gasteiger charge is 2.42. The summed E-state index contributed by atoms with van der Waals surface area (Å²) in [5, 5.41) is 6.40. The van der Waals surface area contributed by atoms with Crippen molar-refractivity contribution >= 4 is 46.2 Å². The molecule has 0 radical (unpaired) electrons. The molecular formula is C49H44N4. The Morgan fingerprint density at radius 2 is 1.06 bits per heavy atom. The molecule has 53 heavy (non-hydrogen) atoms. The highest BCUT2D eigenvalue weighted by Crippen LogP contribution is 2.47. The number of hydrogen-bond donors (Lipinski definition) is 3. The van der Waals surface area contributed by atoms with Crippen LogP contribution in [0.4, 0.5) is 0 Å². The van der Waals surface area contributed by atoms with E-state index >= 15 is 0 Å². The first-order valence-electron chi connectivity index (χ1n) is 18.9. The van der Waals surface area contributed by atoms with Gasteiger partial charge in [-0.1, -0.05) is 135 Å². The van der Waals surface area contributed by atoms with Crippen molar-refractivity contribution < 1.29 is 0 Å². The minimum atomic E-state index is -0.220. The lowest BCUT2D eigenvalue weighted by Gasteiger charge is -2.25. The van der Waals surface area contributed by atoms with Crippen molar-refractivity contribution in [2.45, 2.75) is 52.6 Å². The fraction of sp³-hybridized carbons (Fsp3) is 0.163. The third kappa shape index (κ3) is 5.57. The van der Waals surface area contributed by atoms with Crippen LogP contribution in [-0.2, 0) is 12.8 Å². The Bertz CT molecular complexity index is 2600. The number of nitrogens with zero attached hydrogens (tertiary/aromatic N) is 1. The first-order chi connectivity index (χ1) is 26.0. The van der Waals surface area contributed by atoms with Gasteiger partial charge in [0.05, 0.1) is 11.8 Å². The summed E-state index contributed by atoms with van der Waals surface area (Å²) in [4.78, 5) is 13.6. The number of benzene rings is 4. The van der Waals surface area contributed by atoms with Crippen LogP contribution in [0.25, 0.3) is 40.5 Å². The Morgan fingerprint density at radius 3 is 1.64 bits per heavy atom. The van der Waals surface area contributed by atoms with Crippen LogP contribution >= 0.6 is 0 Å². The lowest BCUT2D eigenvalue weighted by atomic mass is 9.83. The molecule has 3 N–H and O–H groups in total. The summed E-state index contributed by atoms with van der Waals surface area (Å²) >= 11 is 0. The summed E-state index contributed by atoms with van der Waals surface area (Å²) in [7, 11) is 0. The van der Waals surface area contributed by atoms with E-state index in [1.165, 1.54) is 66.8 Å². The van der Waals surface area contributed by atoms with Crippen LogP contribution < -0.4 is 16.0 Å². The van der Waals surface area contributed by atoms with E-state index in [-0.39, 0.29) is 12.1 Å². The van der Waals surface area contributed by atoms with Crippen LogP contribution in [0.2, 0.25) is 0 Å². The number of aromatic nitrogens is 2. The molecule has 3 aliphatic heterocycles. The second kappa shape index (κ2) is 13.4.